The Morgan fingerprint density at radius 3 is 0.912 bits per heavy atom. The number of rotatable bonds is 11. The number of pyridine rings is 4. The standard InChI is InChI=1S/C30H37N4.C28H33N4.C28H30N3.C24H25N4/c1-18-16-19(2)20(3)24(17-18)25-22-12-11-13-23(21(22)14-15-34(25)10)26-31-27(29(4,5)6)33-28(32-26)30(7,8)9;1-16(2)26-29-27(17(3)4)31-28(30-26)23-11-9-10-22-21(23)12-13-32(8)25(22)24-15-18(5)14-19(6)20(24)7;1-18-14-19(2)20(3)25(15-18)28-24-11-7-10-23(22(24)12-13-31(28)4)27-17-29-26(16-30-27)21-8-5-6-9-21;1-14-12-15(2)16(3)22(13-14)23-20-8-7-9-21(19(20)10-11-28(23)6)24-26-17(4)25-18(5)27-24/h11-17H,1-10H3;9-17H,1-8H3;7,10-17,21H,5-6,8-9H2,1-4H3;7-13H,1-6H3/q4*+1. The zero-order valence-corrected chi connectivity index (χ0v) is 79.1. The van der Waals surface area contributed by atoms with Crippen molar-refractivity contribution in [3.05, 3.63) is 290 Å². The van der Waals surface area contributed by atoms with Crippen molar-refractivity contribution in [2.45, 2.75) is 220 Å². The summed E-state index contributed by atoms with van der Waals surface area (Å²) in [6.45, 7) is 51.5. The van der Waals surface area contributed by atoms with Crippen LogP contribution in [-0.2, 0) is 39.0 Å². The van der Waals surface area contributed by atoms with Gasteiger partial charge < -0.3 is 0 Å². The molecule has 8 heterocycles. The zero-order valence-electron chi connectivity index (χ0n) is 79.1. The van der Waals surface area contributed by atoms with Gasteiger partial charge in [0.25, 0.3) is 0 Å². The summed E-state index contributed by atoms with van der Waals surface area (Å²) in [6, 6.07) is 52.7. The zero-order chi connectivity index (χ0) is 89.7. The Bertz CT molecular complexity index is 6780. The fourth-order valence-electron chi connectivity index (χ4n) is 17.8. The Kier molecular flexibility index (Phi) is 25.6. The van der Waals surface area contributed by atoms with Crippen molar-refractivity contribution >= 4 is 43.1 Å². The Hall–Kier alpha value is -12.5. The molecule has 636 valence electrons. The lowest BCUT2D eigenvalue weighted by Crippen LogP contribution is -2.31. The van der Waals surface area contributed by atoms with Crippen LogP contribution in [-0.4, -0.2) is 54.8 Å². The monoisotopic (exact) mass is 1660 g/mol. The third-order valence-corrected chi connectivity index (χ3v) is 25.0. The van der Waals surface area contributed by atoms with E-state index in [9.17, 15) is 0 Å². The maximum Gasteiger partial charge on any atom is 0.220 e. The molecule has 0 radical (unpaired) electrons. The highest BCUT2D eigenvalue weighted by Gasteiger charge is 2.31. The van der Waals surface area contributed by atoms with E-state index in [1.807, 2.05) is 26.2 Å². The largest absolute Gasteiger partial charge is 0.257 e. The molecule has 16 aromatic rings. The third-order valence-electron chi connectivity index (χ3n) is 25.0. The summed E-state index contributed by atoms with van der Waals surface area (Å²) >= 11 is 0. The first-order valence-electron chi connectivity index (χ1n) is 44.4. The summed E-state index contributed by atoms with van der Waals surface area (Å²) in [5.74, 6) is 8.15. The molecule has 0 amide bonds. The van der Waals surface area contributed by atoms with E-state index in [0.29, 0.717) is 5.92 Å². The van der Waals surface area contributed by atoms with Gasteiger partial charge in [0.2, 0.25) is 22.8 Å². The van der Waals surface area contributed by atoms with Crippen molar-refractivity contribution in [2.24, 2.45) is 28.2 Å². The Morgan fingerprint density at radius 2 is 0.608 bits per heavy atom. The predicted molar refractivity (Wildman–Crippen MR) is 513 cm³/mol. The summed E-state index contributed by atoms with van der Waals surface area (Å²) in [5.41, 5.74) is 31.7. The molecule has 0 saturated heterocycles. The molecular weight excluding hydrogens is 1530 g/mol. The number of fused-ring (bicyclic) bond motifs is 4. The Balaban J connectivity index is 0.000000136. The lowest BCUT2D eigenvalue weighted by atomic mass is 9.92. The molecule has 1 saturated carbocycles. The first-order chi connectivity index (χ1) is 59.3. The first-order valence-corrected chi connectivity index (χ1v) is 44.4. The van der Waals surface area contributed by atoms with Crippen LogP contribution in [0.4, 0.5) is 0 Å². The van der Waals surface area contributed by atoms with Crippen LogP contribution in [0.25, 0.3) is 134 Å². The molecule has 1 aliphatic rings. The molecular formula is C110H125N15+4. The van der Waals surface area contributed by atoms with E-state index >= 15 is 0 Å². The minimum Gasteiger partial charge on any atom is -0.257 e. The lowest BCUT2D eigenvalue weighted by molar-refractivity contribution is -0.659. The van der Waals surface area contributed by atoms with Gasteiger partial charge in [-0.25, -0.2) is 63.1 Å². The molecule has 15 nitrogen and oxygen atoms in total. The van der Waals surface area contributed by atoms with E-state index in [1.54, 1.807) is 0 Å². The van der Waals surface area contributed by atoms with Crippen LogP contribution in [0.3, 0.4) is 0 Å². The number of hydrogen-bond donors (Lipinski definition) is 0. The fourth-order valence-corrected chi connectivity index (χ4v) is 17.8. The van der Waals surface area contributed by atoms with Gasteiger partial charge in [0.1, 0.15) is 63.1 Å². The maximum absolute atomic E-state index is 4.98. The van der Waals surface area contributed by atoms with Crippen molar-refractivity contribution in [2.75, 3.05) is 0 Å². The third kappa shape index (κ3) is 18.5. The summed E-state index contributed by atoms with van der Waals surface area (Å²) in [5, 5.41) is 9.54. The second-order valence-electron chi connectivity index (χ2n) is 37.7. The normalized spacial score (nSPS) is 12.5. The number of hydrogen-bond acceptors (Lipinski definition) is 11. The highest BCUT2D eigenvalue weighted by Crippen LogP contribution is 2.42. The number of aromatic nitrogens is 15. The second kappa shape index (κ2) is 36.0. The molecule has 0 aliphatic heterocycles. The maximum atomic E-state index is 4.98. The summed E-state index contributed by atoms with van der Waals surface area (Å²) in [7, 11) is 8.48. The molecule has 8 aromatic carbocycles. The highest BCUT2D eigenvalue weighted by molar-refractivity contribution is 6.05. The molecule has 0 N–H and O–H groups in total. The van der Waals surface area contributed by atoms with E-state index in [-0.39, 0.29) is 22.7 Å². The summed E-state index contributed by atoms with van der Waals surface area (Å²) in [4.78, 5) is 52.5. The van der Waals surface area contributed by atoms with Gasteiger partial charge in [0.05, 0.1) is 61.4 Å². The highest BCUT2D eigenvalue weighted by atomic mass is 15.1. The molecule has 8 aromatic heterocycles. The molecule has 0 atom stereocenters. The minimum atomic E-state index is -0.171. The average Bonchev–Trinajstić information content (AvgIpc) is 1.03. The van der Waals surface area contributed by atoms with Crippen molar-refractivity contribution < 1.29 is 18.3 Å². The topological polar surface area (TPSA) is 157 Å². The van der Waals surface area contributed by atoms with Crippen LogP contribution in [0.15, 0.2) is 183 Å². The van der Waals surface area contributed by atoms with Crippen molar-refractivity contribution in [3.63, 3.8) is 0 Å². The lowest BCUT2D eigenvalue weighted by Gasteiger charge is -2.23. The minimum absolute atomic E-state index is 0.171. The molecule has 125 heavy (non-hydrogen) atoms. The van der Waals surface area contributed by atoms with Crippen LogP contribution < -0.4 is 18.3 Å². The fraction of sp³-hybridized carbons (Fsp3) is 0.336. The van der Waals surface area contributed by atoms with E-state index in [4.69, 9.17) is 39.9 Å². The van der Waals surface area contributed by atoms with E-state index in [0.717, 1.165) is 102 Å². The average molecular weight is 1660 g/mol. The van der Waals surface area contributed by atoms with Gasteiger partial charge in [-0.15, -0.1) is 0 Å². The Labute approximate surface area is 740 Å². The Morgan fingerprint density at radius 1 is 0.304 bits per heavy atom. The van der Waals surface area contributed by atoms with Crippen LogP contribution in [0, 0.1) is 96.9 Å². The van der Waals surface area contributed by atoms with Gasteiger partial charge in [-0.2, -0.15) is 0 Å². The number of benzene rings is 8. The summed E-state index contributed by atoms with van der Waals surface area (Å²) in [6.07, 6.45) is 17.7. The van der Waals surface area contributed by atoms with Gasteiger partial charge in [-0.3, -0.25) is 9.97 Å². The molecule has 0 unspecified atom stereocenters. The van der Waals surface area contributed by atoms with Crippen LogP contribution in [0.2, 0.25) is 0 Å². The number of aryl methyl sites for hydroxylation is 14. The van der Waals surface area contributed by atoms with Crippen LogP contribution >= 0.6 is 0 Å². The molecule has 17 rings (SSSR count). The van der Waals surface area contributed by atoms with Crippen molar-refractivity contribution in [1.82, 2.24) is 54.8 Å². The van der Waals surface area contributed by atoms with Crippen molar-refractivity contribution in [3.8, 4) is 90.5 Å². The van der Waals surface area contributed by atoms with Crippen molar-refractivity contribution in [1.29, 1.82) is 0 Å². The smallest absolute Gasteiger partial charge is 0.220 e. The molecule has 0 spiro atoms. The molecule has 15 heteroatoms. The first kappa shape index (κ1) is 88.8. The van der Waals surface area contributed by atoms with Gasteiger partial charge in [-0.1, -0.05) is 177 Å². The van der Waals surface area contributed by atoms with Gasteiger partial charge in [0.15, 0.2) is 42.3 Å². The SMILES string of the molecule is Cc1cc(C)c(C)c(-c2c3cccc(-c4cnc(C5CCCC5)cn4)c3cc[n+]2C)c1.Cc1cc(C)c(C)c(-c2c3cccc(-c4nc(C(C)(C)C)nc(C(C)(C)C)n4)c3cc[n+]2C)c1.Cc1cc(C)c(C)c(-c2c3cccc(-c4nc(C(C)C)nc(C(C)C)n4)c3cc[n+]2C)c1.Cc1cc(C)c(C)c(-c2c3cccc(-c4nc(C)nc(C)n4)c3cc[n+]2C)c1. The molecule has 1 fully saturated rings. The van der Waals surface area contributed by atoms with E-state index in [1.165, 1.54) is 164 Å². The molecule has 0 bridgehead atoms. The van der Waals surface area contributed by atoms with Crippen LogP contribution in [0.1, 0.15) is 220 Å². The quantitative estimate of drug-likeness (QED) is 0.114. The summed E-state index contributed by atoms with van der Waals surface area (Å²) < 4.78 is 8.89. The van der Waals surface area contributed by atoms with E-state index in [2.05, 4.69) is 384 Å². The number of nitrogens with zero attached hydrogens (tertiary/aromatic N) is 15. The predicted octanol–water partition coefficient (Wildman–Crippen LogP) is 24.2. The molecule has 1 aliphatic carbocycles. The van der Waals surface area contributed by atoms with Gasteiger partial charge in [0, 0.05) is 103 Å². The van der Waals surface area contributed by atoms with Crippen LogP contribution in [0.5, 0.6) is 0 Å². The van der Waals surface area contributed by atoms with E-state index < -0.39 is 0 Å². The van der Waals surface area contributed by atoms with Gasteiger partial charge >= 0.3 is 0 Å². The second-order valence-corrected chi connectivity index (χ2v) is 37.7. The van der Waals surface area contributed by atoms with Gasteiger partial charge in [-0.05, 0) is 203 Å².